The van der Waals surface area contributed by atoms with Gasteiger partial charge in [0.1, 0.15) is 6.54 Å². The Morgan fingerprint density at radius 1 is 1.19 bits per heavy atom. The monoisotopic (exact) mass is 315 g/mol. The van der Waals surface area contributed by atoms with E-state index in [9.17, 15) is 18.1 Å². The summed E-state index contributed by atoms with van der Waals surface area (Å²) in [7, 11) is -3.58. The van der Waals surface area contributed by atoms with E-state index in [1.165, 1.54) is 28.6 Å². The highest BCUT2D eigenvalue weighted by Crippen LogP contribution is 2.20. The number of rotatable bonds is 8. The highest BCUT2D eigenvalue weighted by Gasteiger charge is 2.21. The van der Waals surface area contributed by atoms with Gasteiger partial charge in [-0.15, -0.1) is 4.91 Å². The van der Waals surface area contributed by atoms with Crippen LogP contribution in [0.1, 0.15) is 13.8 Å². The van der Waals surface area contributed by atoms with Crippen molar-refractivity contribution in [3.8, 4) is 0 Å². The quantitative estimate of drug-likeness (QED) is 0.572. The van der Waals surface area contributed by atoms with E-state index in [1.807, 2.05) is 0 Å². The van der Waals surface area contributed by atoms with Crippen LogP contribution < -0.4 is 5.01 Å². The van der Waals surface area contributed by atoms with Crippen LogP contribution in [0.15, 0.2) is 34.4 Å². The number of sulfonamides is 1. The van der Waals surface area contributed by atoms with E-state index in [-0.39, 0.29) is 10.6 Å². The van der Waals surface area contributed by atoms with Crippen LogP contribution in [0.2, 0.25) is 0 Å². The molecule has 0 aliphatic carbocycles. The standard InChI is InChI=1S/C12H17N3O5S/c1-3-14(4-2)21(19,20)11-7-5-10(6-8-11)15(13-18)9-12(16)17/h5-8H,3-4,9H2,1-2H3,(H,16,17). The van der Waals surface area contributed by atoms with Gasteiger partial charge >= 0.3 is 5.97 Å². The van der Waals surface area contributed by atoms with E-state index in [0.29, 0.717) is 13.1 Å². The molecule has 0 amide bonds. The third-order valence-electron chi connectivity index (χ3n) is 2.86. The average Bonchev–Trinajstić information content (AvgIpc) is 2.45. The van der Waals surface area contributed by atoms with E-state index in [1.54, 1.807) is 13.8 Å². The predicted molar refractivity (Wildman–Crippen MR) is 77.3 cm³/mol. The molecule has 116 valence electrons. The van der Waals surface area contributed by atoms with Crippen LogP contribution in [0.25, 0.3) is 0 Å². The largest absolute Gasteiger partial charge is 0.480 e. The number of nitrogens with zero attached hydrogens (tertiary/aromatic N) is 3. The van der Waals surface area contributed by atoms with Gasteiger partial charge in [0, 0.05) is 13.1 Å². The second-order valence-corrected chi connectivity index (χ2v) is 6.05. The maximum absolute atomic E-state index is 12.3. The first kappa shape index (κ1) is 17.1. The highest BCUT2D eigenvalue weighted by molar-refractivity contribution is 7.89. The first-order valence-corrected chi connectivity index (χ1v) is 7.73. The molecule has 8 nitrogen and oxygen atoms in total. The molecule has 0 fully saturated rings. The molecule has 1 aromatic carbocycles. The Kier molecular flexibility index (Phi) is 5.79. The summed E-state index contributed by atoms with van der Waals surface area (Å²) in [5.41, 5.74) is 0.214. The van der Waals surface area contributed by atoms with Crippen molar-refractivity contribution in [3.05, 3.63) is 29.2 Å². The highest BCUT2D eigenvalue weighted by atomic mass is 32.2. The number of carboxylic acid groups (broad SMARTS) is 1. The molecule has 0 heterocycles. The van der Waals surface area contributed by atoms with E-state index >= 15 is 0 Å². The summed E-state index contributed by atoms with van der Waals surface area (Å²) in [6.45, 7) is 3.58. The first-order chi connectivity index (χ1) is 9.86. The fourth-order valence-corrected chi connectivity index (χ4v) is 3.26. The summed E-state index contributed by atoms with van der Waals surface area (Å²) in [6.07, 6.45) is 0. The molecule has 1 aromatic rings. The molecule has 9 heteroatoms. The van der Waals surface area contributed by atoms with Crippen molar-refractivity contribution >= 4 is 21.7 Å². The fraction of sp³-hybridized carbons (Fsp3) is 0.417. The van der Waals surface area contributed by atoms with E-state index in [4.69, 9.17) is 5.11 Å². The third kappa shape index (κ3) is 3.99. The van der Waals surface area contributed by atoms with Crippen LogP contribution in [-0.2, 0) is 14.8 Å². The Morgan fingerprint density at radius 3 is 2.10 bits per heavy atom. The molecule has 1 rings (SSSR count). The molecule has 0 atom stereocenters. The Labute approximate surface area is 123 Å². The molecular weight excluding hydrogens is 298 g/mol. The maximum atomic E-state index is 12.3. The minimum Gasteiger partial charge on any atom is -0.480 e. The lowest BCUT2D eigenvalue weighted by molar-refractivity contribution is -0.135. The van der Waals surface area contributed by atoms with Gasteiger partial charge in [0.25, 0.3) is 0 Å². The molecular formula is C12H17N3O5S. The predicted octanol–water partition coefficient (Wildman–Crippen LogP) is 1.29. The molecule has 0 saturated carbocycles. The zero-order chi connectivity index (χ0) is 16.0. The fourth-order valence-electron chi connectivity index (χ4n) is 1.80. The van der Waals surface area contributed by atoms with Gasteiger partial charge in [0.2, 0.25) is 10.0 Å². The van der Waals surface area contributed by atoms with Gasteiger partial charge in [-0.25, -0.2) is 13.4 Å². The summed E-state index contributed by atoms with van der Waals surface area (Å²) in [5.74, 6) is -1.21. The molecule has 21 heavy (non-hydrogen) atoms. The summed E-state index contributed by atoms with van der Waals surface area (Å²) >= 11 is 0. The van der Waals surface area contributed by atoms with Crippen molar-refractivity contribution in [2.24, 2.45) is 5.29 Å². The van der Waals surface area contributed by atoms with Crippen molar-refractivity contribution < 1.29 is 18.3 Å². The second kappa shape index (κ2) is 7.14. The van der Waals surface area contributed by atoms with Gasteiger partial charge in [-0.3, -0.25) is 4.79 Å². The minimum absolute atomic E-state index is 0.0797. The number of hydrogen-bond acceptors (Lipinski definition) is 5. The van der Waals surface area contributed by atoms with Gasteiger partial charge in [-0.05, 0) is 24.3 Å². The van der Waals surface area contributed by atoms with Crippen LogP contribution in [-0.4, -0.2) is 43.4 Å². The van der Waals surface area contributed by atoms with E-state index < -0.39 is 22.5 Å². The molecule has 0 aliphatic heterocycles. The Hall–Kier alpha value is -2.00. The molecule has 0 saturated heterocycles. The van der Waals surface area contributed by atoms with E-state index in [2.05, 4.69) is 5.29 Å². The van der Waals surface area contributed by atoms with Gasteiger partial charge in [-0.2, -0.15) is 4.31 Å². The van der Waals surface area contributed by atoms with E-state index in [0.717, 1.165) is 5.01 Å². The lowest BCUT2D eigenvalue weighted by atomic mass is 10.3. The van der Waals surface area contributed by atoms with Crippen molar-refractivity contribution in [1.82, 2.24) is 4.31 Å². The van der Waals surface area contributed by atoms with Gasteiger partial charge < -0.3 is 5.11 Å². The molecule has 0 unspecified atom stereocenters. The topological polar surface area (TPSA) is 107 Å². The number of aliphatic carboxylic acids is 1. The SMILES string of the molecule is CCN(CC)S(=O)(=O)c1ccc(N(CC(=O)O)N=O)cc1. The summed E-state index contributed by atoms with van der Waals surface area (Å²) in [6, 6.07) is 5.34. The van der Waals surface area contributed by atoms with Crippen LogP contribution in [0.3, 0.4) is 0 Å². The van der Waals surface area contributed by atoms with Gasteiger partial charge in [0.15, 0.2) is 0 Å². The van der Waals surface area contributed by atoms with Gasteiger partial charge in [0.05, 0.1) is 15.9 Å². The number of benzene rings is 1. The van der Waals surface area contributed by atoms with Crippen molar-refractivity contribution in [2.75, 3.05) is 24.6 Å². The maximum Gasteiger partial charge on any atom is 0.325 e. The Morgan fingerprint density at radius 2 is 1.71 bits per heavy atom. The second-order valence-electron chi connectivity index (χ2n) is 4.12. The third-order valence-corrected chi connectivity index (χ3v) is 4.93. The summed E-state index contributed by atoms with van der Waals surface area (Å²) in [5, 5.41) is 12.0. The zero-order valence-corrected chi connectivity index (χ0v) is 12.6. The van der Waals surface area contributed by atoms with Crippen LogP contribution in [0, 0.1) is 4.91 Å². The number of anilines is 1. The molecule has 0 aliphatic rings. The number of carboxylic acids is 1. The Balaban J connectivity index is 3.07. The van der Waals surface area contributed by atoms with Crippen molar-refractivity contribution in [2.45, 2.75) is 18.7 Å². The minimum atomic E-state index is -3.58. The van der Waals surface area contributed by atoms with Crippen LogP contribution >= 0.6 is 0 Å². The lowest BCUT2D eigenvalue weighted by Gasteiger charge is -2.19. The zero-order valence-electron chi connectivity index (χ0n) is 11.8. The Bertz CT molecular complexity index is 596. The number of hydrogen-bond donors (Lipinski definition) is 1. The molecule has 0 bridgehead atoms. The van der Waals surface area contributed by atoms with Gasteiger partial charge in [-0.1, -0.05) is 13.8 Å². The van der Waals surface area contributed by atoms with Crippen molar-refractivity contribution in [1.29, 1.82) is 0 Å². The molecule has 1 N–H and O–H groups in total. The number of nitroso groups, excluding NO2 is 1. The average molecular weight is 315 g/mol. The normalized spacial score (nSPS) is 11.4. The molecule has 0 spiro atoms. The van der Waals surface area contributed by atoms with Crippen molar-refractivity contribution in [3.63, 3.8) is 0 Å². The first-order valence-electron chi connectivity index (χ1n) is 6.29. The van der Waals surface area contributed by atoms with Crippen LogP contribution in [0.4, 0.5) is 5.69 Å². The number of carbonyl (C=O) groups is 1. The summed E-state index contributed by atoms with van der Waals surface area (Å²) in [4.78, 5) is 21.3. The smallest absolute Gasteiger partial charge is 0.325 e. The molecule has 0 radical (unpaired) electrons. The lowest BCUT2D eigenvalue weighted by Crippen LogP contribution is -2.30. The van der Waals surface area contributed by atoms with Crippen LogP contribution in [0.5, 0.6) is 0 Å². The molecule has 0 aromatic heterocycles. The summed E-state index contributed by atoms with van der Waals surface area (Å²) < 4.78 is 25.8.